The molecular weight excluding hydrogens is 506 g/mol. The van der Waals surface area contributed by atoms with E-state index in [1.165, 1.54) is 7.11 Å². The topological polar surface area (TPSA) is 127 Å². The number of amides is 1. The van der Waals surface area contributed by atoms with Crippen molar-refractivity contribution in [3.05, 3.63) is 84.8 Å². The van der Waals surface area contributed by atoms with Crippen LogP contribution in [0.2, 0.25) is 0 Å². The Morgan fingerprint density at radius 1 is 1.00 bits per heavy atom. The van der Waals surface area contributed by atoms with Crippen molar-refractivity contribution in [2.45, 2.75) is 24.8 Å². The summed E-state index contributed by atoms with van der Waals surface area (Å²) in [5.41, 5.74) is 6.27. The van der Waals surface area contributed by atoms with E-state index in [4.69, 9.17) is 9.72 Å². The van der Waals surface area contributed by atoms with E-state index in [0.717, 1.165) is 64.4 Å². The number of methoxy groups -OCH3 is 1. The van der Waals surface area contributed by atoms with Gasteiger partial charge in [0.1, 0.15) is 11.5 Å². The maximum absolute atomic E-state index is 11.5. The van der Waals surface area contributed by atoms with Crippen molar-refractivity contribution in [2.24, 2.45) is 0 Å². The second-order valence-electron chi connectivity index (χ2n) is 9.91. The molecule has 0 spiro atoms. The molecule has 2 aromatic carbocycles. The monoisotopic (exact) mass is 531 g/mol. The molecule has 1 fully saturated rings. The molecule has 198 valence electrons. The molecule has 10 nitrogen and oxygen atoms in total. The number of imidazole rings is 1. The number of ether oxygens (including phenoxy) is 1. The summed E-state index contributed by atoms with van der Waals surface area (Å²) in [5, 5.41) is 15.7. The van der Waals surface area contributed by atoms with Crippen molar-refractivity contribution in [1.29, 1.82) is 0 Å². The largest absolute Gasteiger partial charge is 0.467 e. The van der Waals surface area contributed by atoms with E-state index < -0.39 is 11.6 Å². The number of aromatic nitrogens is 5. The van der Waals surface area contributed by atoms with E-state index >= 15 is 0 Å². The van der Waals surface area contributed by atoms with Crippen molar-refractivity contribution in [3.8, 4) is 45.6 Å². The van der Waals surface area contributed by atoms with Crippen molar-refractivity contribution in [3.63, 3.8) is 0 Å². The minimum atomic E-state index is -1.01. The zero-order chi connectivity index (χ0) is 27.3. The Hall–Kier alpha value is -5.25. The summed E-state index contributed by atoms with van der Waals surface area (Å²) in [7, 11) is 1.53. The van der Waals surface area contributed by atoms with Crippen LogP contribution in [0.25, 0.3) is 39.6 Å². The van der Waals surface area contributed by atoms with Gasteiger partial charge in [0.25, 0.3) is 0 Å². The van der Waals surface area contributed by atoms with Crippen LogP contribution in [0, 0.1) is 0 Å². The van der Waals surface area contributed by atoms with Crippen LogP contribution >= 0.6 is 0 Å². The number of pyridine rings is 1. The lowest BCUT2D eigenvalue weighted by Crippen LogP contribution is -2.50. The number of benzene rings is 2. The molecule has 1 aliphatic heterocycles. The second-order valence-corrected chi connectivity index (χ2v) is 9.91. The molecule has 3 N–H and O–H groups in total. The summed E-state index contributed by atoms with van der Waals surface area (Å²) < 4.78 is 7.30. The van der Waals surface area contributed by atoms with Gasteiger partial charge in [0.15, 0.2) is 5.82 Å². The van der Waals surface area contributed by atoms with Crippen LogP contribution in [0.1, 0.15) is 24.8 Å². The van der Waals surface area contributed by atoms with Gasteiger partial charge in [0.2, 0.25) is 0 Å². The fraction of sp³-hybridized carbons (Fsp3) is 0.167. The van der Waals surface area contributed by atoms with Crippen LogP contribution in [0.3, 0.4) is 0 Å². The molecule has 0 saturated heterocycles. The van der Waals surface area contributed by atoms with Gasteiger partial charge in [-0.05, 0) is 49.1 Å². The molecule has 10 heteroatoms. The Morgan fingerprint density at radius 3 is 2.48 bits per heavy atom. The van der Waals surface area contributed by atoms with Gasteiger partial charge in [-0.25, -0.2) is 24.7 Å². The number of rotatable bonds is 5. The summed E-state index contributed by atoms with van der Waals surface area (Å²) in [4.78, 5) is 30.0. The van der Waals surface area contributed by atoms with E-state index in [1.807, 2.05) is 60.7 Å². The molecule has 1 saturated carbocycles. The van der Waals surface area contributed by atoms with Crippen LogP contribution in [0.5, 0.6) is 6.01 Å². The highest BCUT2D eigenvalue weighted by atomic mass is 16.5. The van der Waals surface area contributed by atoms with E-state index in [9.17, 15) is 9.90 Å². The lowest BCUT2D eigenvalue weighted by molar-refractivity contribution is 0.144. The summed E-state index contributed by atoms with van der Waals surface area (Å²) in [6.45, 7) is 0. The van der Waals surface area contributed by atoms with Gasteiger partial charge in [-0.2, -0.15) is 0 Å². The lowest BCUT2D eigenvalue weighted by Gasteiger charge is -2.42. The third-order valence-corrected chi connectivity index (χ3v) is 7.67. The first-order chi connectivity index (χ1) is 19.6. The molecular formula is C30H25N7O3. The zero-order valence-corrected chi connectivity index (χ0v) is 21.6. The van der Waals surface area contributed by atoms with Crippen molar-refractivity contribution in [2.75, 3.05) is 12.4 Å². The number of carboxylic acid groups (broad SMARTS) is 1. The van der Waals surface area contributed by atoms with Crippen molar-refractivity contribution >= 4 is 17.6 Å². The fourth-order valence-electron chi connectivity index (χ4n) is 5.60. The van der Waals surface area contributed by atoms with Crippen LogP contribution in [-0.2, 0) is 5.54 Å². The average Bonchev–Trinajstić information content (AvgIpc) is 3.29. The highest BCUT2D eigenvalue weighted by molar-refractivity contribution is 5.90. The minimum absolute atomic E-state index is 0.274. The summed E-state index contributed by atoms with van der Waals surface area (Å²) in [5.74, 6) is 1.46. The highest BCUT2D eigenvalue weighted by Gasteiger charge is 2.40. The highest BCUT2D eigenvalue weighted by Crippen LogP contribution is 2.45. The summed E-state index contributed by atoms with van der Waals surface area (Å²) in [6, 6.07) is 20.3. The fourth-order valence-corrected chi connectivity index (χ4v) is 5.60. The minimum Gasteiger partial charge on any atom is -0.467 e. The molecule has 7 rings (SSSR count). The molecule has 0 atom stereocenters. The van der Waals surface area contributed by atoms with Crippen LogP contribution < -0.4 is 15.4 Å². The number of nitrogens with zero attached hydrogens (tertiary/aromatic N) is 5. The van der Waals surface area contributed by atoms with Crippen molar-refractivity contribution in [1.82, 2.24) is 29.8 Å². The molecule has 1 aliphatic carbocycles. The van der Waals surface area contributed by atoms with Gasteiger partial charge in [-0.15, -0.1) is 0 Å². The third kappa shape index (κ3) is 3.76. The Balaban J connectivity index is 1.47. The Labute approximate surface area is 229 Å². The molecule has 4 heterocycles. The number of para-hydroxylation sites is 1. The standard InChI is InChI=1S/C30H25N7O3/c1-40-28-32-16-19(17-33-28)24-25(18-9-11-20(12-10-18)30(13-5-14-30)36-29(38)39)37-23-8-4-15-31-26(23)34-22-7-3-2-6-21(22)27(37)35-24/h2-4,6-12,15-17,36H,5,13-14H2,1H3,(H,31,34)(H,38,39). The number of hydrogen-bond acceptors (Lipinski definition) is 7. The Kier molecular flexibility index (Phi) is 5.48. The molecule has 0 radical (unpaired) electrons. The molecule has 1 amide bonds. The van der Waals surface area contributed by atoms with Crippen LogP contribution in [-0.4, -0.2) is 42.8 Å². The molecule has 0 unspecified atom stereocenters. The smallest absolute Gasteiger partial charge is 0.405 e. The van der Waals surface area contributed by atoms with Crippen molar-refractivity contribution < 1.29 is 14.6 Å². The predicted molar refractivity (Wildman–Crippen MR) is 150 cm³/mol. The molecule has 0 bridgehead atoms. The van der Waals surface area contributed by atoms with E-state index in [1.54, 1.807) is 18.6 Å². The number of nitrogens with one attached hydrogen (secondary N) is 2. The van der Waals surface area contributed by atoms with Crippen LogP contribution in [0.15, 0.2) is 79.3 Å². The molecule has 5 aromatic rings. The molecule has 2 aliphatic rings. The SMILES string of the molecule is COc1ncc(-c2nc3n(c2-c2ccc(C4(NC(=O)O)CCC4)cc2)-c2cccnc2Nc2ccccc2-3)cn1. The van der Waals surface area contributed by atoms with Gasteiger partial charge in [-0.3, -0.25) is 4.57 Å². The van der Waals surface area contributed by atoms with Crippen LogP contribution in [0.4, 0.5) is 16.3 Å². The number of anilines is 2. The lowest BCUT2D eigenvalue weighted by atomic mass is 9.71. The molecule has 40 heavy (non-hydrogen) atoms. The number of hydrogen-bond donors (Lipinski definition) is 3. The van der Waals surface area contributed by atoms with E-state index in [2.05, 4.69) is 30.2 Å². The maximum Gasteiger partial charge on any atom is 0.405 e. The Morgan fingerprint density at radius 2 is 1.77 bits per heavy atom. The van der Waals surface area contributed by atoms with Gasteiger partial charge in [0.05, 0.1) is 29.7 Å². The summed E-state index contributed by atoms with van der Waals surface area (Å²) >= 11 is 0. The first-order valence-corrected chi connectivity index (χ1v) is 13.0. The first-order valence-electron chi connectivity index (χ1n) is 13.0. The quantitative estimate of drug-likeness (QED) is 0.256. The van der Waals surface area contributed by atoms with E-state index in [0.29, 0.717) is 11.5 Å². The predicted octanol–water partition coefficient (Wildman–Crippen LogP) is 5.77. The second kappa shape index (κ2) is 9.19. The molecule has 3 aromatic heterocycles. The third-order valence-electron chi connectivity index (χ3n) is 7.67. The van der Waals surface area contributed by atoms with Gasteiger partial charge < -0.3 is 20.5 Å². The normalized spacial score (nSPS) is 14.4. The zero-order valence-electron chi connectivity index (χ0n) is 21.6. The first kappa shape index (κ1) is 23.8. The maximum atomic E-state index is 11.5. The summed E-state index contributed by atoms with van der Waals surface area (Å²) in [6.07, 6.45) is 6.70. The Bertz CT molecular complexity index is 1740. The van der Waals surface area contributed by atoms with Gasteiger partial charge in [-0.1, -0.05) is 36.4 Å². The van der Waals surface area contributed by atoms with Gasteiger partial charge >= 0.3 is 12.1 Å². The number of fused-ring (bicyclic) bond motifs is 5. The van der Waals surface area contributed by atoms with E-state index in [-0.39, 0.29) is 6.01 Å². The number of carbonyl (C=O) groups is 1. The average molecular weight is 532 g/mol. The van der Waals surface area contributed by atoms with Gasteiger partial charge in [0, 0.05) is 35.3 Å².